The first kappa shape index (κ1) is 16.5. The fraction of sp³-hybridized carbons (Fsp3) is 0.467. The molecule has 0 aliphatic carbocycles. The summed E-state index contributed by atoms with van der Waals surface area (Å²) < 4.78 is 1.70. The van der Waals surface area contributed by atoms with Gasteiger partial charge >= 0.3 is 0 Å². The molecule has 22 heavy (non-hydrogen) atoms. The standard InChI is InChI=1S/C15H21N5OS/c1-11(2)9-16-15(21)12(3)22-10-14-17-18-19-20(14)13-7-5-4-6-8-13/h4-8,11-12H,9-10H2,1-3H3,(H,16,21)/t12-/m1/s1. The SMILES string of the molecule is CC(C)CNC(=O)[C@@H](C)SCc1nnnn1-c1ccccc1. The Hall–Kier alpha value is -1.89. The molecule has 1 N–H and O–H groups in total. The van der Waals surface area contributed by atoms with Crippen LogP contribution in [0.5, 0.6) is 0 Å². The van der Waals surface area contributed by atoms with Gasteiger partial charge in [-0.1, -0.05) is 32.0 Å². The lowest BCUT2D eigenvalue weighted by Gasteiger charge is -2.13. The van der Waals surface area contributed by atoms with Gasteiger partial charge in [-0.2, -0.15) is 4.68 Å². The van der Waals surface area contributed by atoms with Crippen LogP contribution in [0.2, 0.25) is 0 Å². The van der Waals surface area contributed by atoms with Gasteiger partial charge in [-0.15, -0.1) is 16.9 Å². The van der Waals surface area contributed by atoms with E-state index in [1.165, 1.54) is 11.8 Å². The molecule has 0 aliphatic rings. The topological polar surface area (TPSA) is 72.7 Å². The Morgan fingerprint density at radius 3 is 2.68 bits per heavy atom. The molecule has 0 saturated carbocycles. The summed E-state index contributed by atoms with van der Waals surface area (Å²) in [5.41, 5.74) is 0.917. The molecule has 1 aromatic carbocycles. The number of carbonyl (C=O) groups is 1. The first-order valence-corrected chi connectivity index (χ1v) is 8.34. The summed E-state index contributed by atoms with van der Waals surface area (Å²) in [7, 11) is 0. The molecule has 0 spiro atoms. The van der Waals surface area contributed by atoms with Crippen LogP contribution in [0, 0.1) is 5.92 Å². The van der Waals surface area contributed by atoms with Crippen LogP contribution in [-0.4, -0.2) is 37.9 Å². The van der Waals surface area contributed by atoms with Gasteiger partial charge < -0.3 is 5.32 Å². The van der Waals surface area contributed by atoms with Gasteiger partial charge in [0.1, 0.15) is 0 Å². The number of para-hydroxylation sites is 1. The third kappa shape index (κ3) is 4.56. The van der Waals surface area contributed by atoms with E-state index in [2.05, 4.69) is 34.7 Å². The van der Waals surface area contributed by atoms with Crippen molar-refractivity contribution in [3.63, 3.8) is 0 Å². The van der Waals surface area contributed by atoms with E-state index in [1.54, 1.807) is 4.68 Å². The molecule has 0 fully saturated rings. The van der Waals surface area contributed by atoms with E-state index in [-0.39, 0.29) is 11.2 Å². The van der Waals surface area contributed by atoms with E-state index in [4.69, 9.17) is 0 Å². The van der Waals surface area contributed by atoms with E-state index in [1.807, 2.05) is 37.3 Å². The van der Waals surface area contributed by atoms with Gasteiger partial charge in [-0.3, -0.25) is 4.79 Å². The first-order valence-electron chi connectivity index (χ1n) is 7.30. The fourth-order valence-corrected chi connectivity index (χ4v) is 2.60. The van der Waals surface area contributed by atoms with Gasteiger partial charge in [0, 0.05) is 6.54 Å². The van der Waals surface area contributed by atoms with Crippen LogP contribution >= 0.6 is 11.8 Å². The molecule has 2 rings (SSSR count). The minimum atomic E-state index is -0.139. The van der Waals surface area contributed by atoms with Gasteiger partial charge in [0.2, 0.25) is 5.91 Å². The third-order valence-electron chi connectivity index (χ3n) is 3.05. The monoisotopic (exact) mass is 319 g/mol. The van der Waals surface area contributed by atoms with Crippen LogP contribution in [-0.2, 0) is 10.5 Å². The zero-order valence-electron chi connectivity index (χ0n) is 13.1. The van der Waals surface area contributed by atoms with Crippen LogP contribution in [0.15, 0.2) is 30.3 Å². The molecule has 2 aromatic rings. The van der Waals surface area contributed by atoms with Gasteiger partial charge in [0.05, 0.1) is 16.7 Å². The number of nitrogens with zero attached hydrogens (tertiary/aromatic N) is 4. The Bertz CT molecular complexity index is 599. The van der Waals surface area contributed by atoms with Crippen LogP contribution in [0.3, 0.4) is 0 Å². The van der Waals surface area contributed by atoms with E-state index >= 15 is 0 Å². The van der Waals surface area contributed by atoms with E-state index in [0.29, 0.717) is 18.2 Å². The summed E-state index contributed by atoms with van der Waals surface area (Å²) in [6, 6.07) is 9.72. The summed E-state index contributed by atoms with van der Waals surface area (Å²) >= 11 is 1.53. The van der Waals surface area contributed by atoms with Gasteiger partial charge in [-0.25, -0.2) is 0 Å². The molecule has 0 bridgehead atoms. The Morgan fingerprint density at radius 2 is 2.00 bits per heavy atom. The first-order chi connectivity index (χ1) is 10.6. The number of thioether (sulfide) groups is 1. The number of aromatic nitrogens is 4. The largest absolute Gasteiger partial charge is 0.355 e. The van der Waals surface area contributed by atoms with Crippen molar-refractivity contribution in [1.82, 2.24) is 25.5 Å². The summed E-state index contributed by atoms with van der Waals surface area (Å²) in [5.74, 6) is 1.82. The van der Waals surface area contributed by atoms with Crippen LogP contribution in [0.25, 0.3) is 5.69 Å². The van der Waals surface area contributed by atoms with Crippen molar-refractivity contribution < 1.29 is 4.79 Å². The lowest BCUT2D eigenvalue weighted by molar-refractivity contribution is -0.120. The second-order valence-electron chi connectivity index (χ2n) is 5.43. The summed E-state index contributed by atoms with van der Waals surface area (Å²) in [6.45, 7) is 6.75. The number of carbonyl (C=O) groups excluding carboxylic acids is 1. The molecule has 0 unspecified atom stereocenters. The molecule has 1 heterocycles. The predicted molar refractivity (Wildman–Crippen MR) is 87.8 cm³/mol. The molecule has 0 radical (unpaired) electrons. The van der Waals surface area contributed by atoms with Crippen molar-refractivity contribution in [2.75, 3.05) is 6.54 Å². The Kier molecular flexibility index (Phi) is 5.94. The second kappa shape index (κ2) is 7.93. The van der Waals surface area contributed by atoms with E-state index in [9.17, 15) is 4.79 Å². The van der Waals surface area contributed by atoms with Crippen molar-refractivity contribution in [2.24, 2.45) is 5.92 Å². The summed E-state index contributed by atoms with van der Waals surface area (Å²) in [6.07, 6.45) is 0. The van der Waals surface area contributed by atoms with Crippen molar-refractivity contribution in [1.29, 1.82) is 0 Å². The fourth-order valence-electron chi connectivity index (χ4n) is 1.79. The highest BCUT2D eigenvalue weighted by Gasteiger charge is 2.16. The minimum absolute atomic E-state index is 0.0532. The maximum absolute atomic E-state index is 12.0. The Balaban J connectivity index is 1.93. The molecule has 6 nitrogen and oxygen atoms in total. The number of benzene rings is 1. The van der Waals surface area contributed by atoms with Crippen molar-refractivity contribution in [2.45, 2.75) is 31.8 Å². The molecule has 1 amide bonds. The lowest BCUT2D eigenvalue weighted by atomic mass is 10.2. The predicted octanol–water partition coefficient (Wildman–Crippen LogP) is 2.06. The molecule has 118 valence electrons. The number of hydrogen-bond acceptors (Lipinski definition) is 5. The summed E-state index contributed by atoms with van der Waals surface area (Å²) in [5, 5.41) is 14.6. The zero-order valence-corrected chi connectivity index (χ0v) is 13.9. The maximum Gasteiger partial charge on any atom is 0.232 e. The second-order valence-corrected chi connectivity index (χ2v) is 6.76. The van der Waals surface area contributed by atoms with Crippen LogP contribution < -0.4 is 5.32 Å². The van der Waals surface area contributed by atoms with Crippen LogP contribution in [0.1, 0.15) is 26.6 Å². The number of nitrogens with one attached hydrogen (secondary N) is 1. The van der Waals surface area contributed by atoms with Crippen LogP contribution in [0.4, 0.5) is 0 Å². The average Bonchev–Trinajstić information content (AvgIpc) is 2.99. The maximum atomic E-state index is 12.0. The molecule has 0 aliphatic heterocycles. The van der Waals surface area contributed by atoms with Crippen molar-refractivity contribution >= 4 is 17.7 Å². The number of tetrazole rings is 1. The minimum Gasteiger partial charge on any atom is -0.355 e. The quantitative estimate of drug-likeness (QED) is 0.845. The van der Waals surface area contributed by atoms with Gasteiger partial charge in [-0.05, 0) is 35.4 Å². The molecule has 1 atom stereocenters. The van der Waals surface area contributed by atoms with Crippen molar-refractivity contribution in [3.8, 4) is 5.69 Å². The highest BCUT2D eigenvalue weighted by Crippen LogP contribution is 2.18. The smallest absolute Gasteiger partial charge is 0.232 e. The molecule has 0 saturated heterocycles. The normalized spacial score (nSPS) is 12.4. The Morgan fingerprint density at radius 1 is 1.27 bits per heavy atom. The molecular formula is C15H21N5OS. The number of amides is 1. The third-order valence-corrected chi connectivity index (χ3v) is 4.19. The van der Waals surface area contributed by atoms with Crippen molar-refractivity contribution in [3.05, 3.63) is 36.2 Å². The molecular weight excluding hydrogens is 298 g/mol. The van der Waals surface area contributed by atoms with Gasteiger partial charge in [0.15, 0.2) is 5.82 Å². The molecule has 7 heteroatoms. The highest BCUT2D eigenvalue weighted by atomic mass is 32.2. The van der Waals surface area contributed by atoms with Gasteiger partial charge in [0.25, 0.3) is 0 Å². The summed E-state index contributed by atoms with van der Waals surface area (Å²) in [4.78, 5) is 12.0. The zero-order chi connectivity index (χ0) is 15.9. The molecule has 1 aromatic heterocycles. The Labute approximate surface area is 134 Å². The number of rotatable bonds is 7. The average molecular weight is 319 g/mol. The van der Waals surface area contributed by atoms with E-state index < -0.39 is 0 Å². The lowest BCUT2D eigenvalue weighted by Crippen LogP contribution is -2.33. The van der Waals surface area contributed by atoms with E-state index in [0.717, 1.165) is 11.5 Å². The number of hydrogen-bond donors (Lipinski definition) is 1. The highest BCUT2D eigenvalue weighted by molar-refractivity contribution is 7.99.